The quantitative estimate of drug-likeness (QED) is 0.920. The van der Waals surface area contributed by atoms with E-state index in [2.05, 4.69) is 26.8 Å². The van der Waals surface area contributed by atoms with Crippen molar-refractivity contribution < 1.29 is 9.47 Å². The molecule has 0 amide bonds. The molecule has 1 aliphatic heterocycles. The predicted molar refractivity (Wildman–Crippen MR) is 81.5 cm³/mol. The van der Waals surface area contributed by atoms with E-state index < -0.39 is 0 Å². The van der Waals surface area contributed by atoms with Crippen LogP contribution in [0.25, 0.3) is 0 Å². The molecule has 1 N–H and O–H groups in total. The highest BCUT2D eigenvalue weighted by Crippen LogP contribution is 2.39. The Morgan fingerprint density at radius 2 is 2.05 bits per heavy atom. The monoisotopic (exact) mass is 303 g/mol. The third kappa shape index (κ3) is 2.95. The van der Waals surface area contributed by atoms with Gasteiger partial charge in [0.25, 0.3) is 0 Å². The van der Waals surface area contributed by atoms with E-state index in [9.17, 15) is 0 Å². The Hall–Kier alpha value is -1.82. The smallest absolute Gasteiger partial charge is 0.202 e. The van der Waals surface area contributed by atoms with E-state index in [1.165, 1.54) is 29.9 Å². The molecule has 0 unspecified atom stereocenters. The summed E-state index contributed by atoms with van der Waals surface area (Å²) in [7, 11) is 0. The number of ether oxygens (including phenoxy) is 2. The molecule has 2 heterocycles. The number of rotatable bonds is 5. The minimum absolute atomic E-state index is 0.620. The summed E-state index contributed by atoms with van der Waals surface area (Å²) in [6.07, 6.45) is 3.41. The van der Waals surface area contributed by atoms with Crippen molar-refractivity contribution >= 4 is 16.7 Å². The molecule has 1 aliphatic carbocycles. The van der Waals surface area contributed by atoms with Crippen LogP contribution < -0.4 is 14.8 Å². The molecule has 110 valence electrons. The van der Waals surface area contributed by atoms with E-state index in [-0.39, 0.29) is 0 Å². The summed E-state index contributed by atoms with van der Waals surface area (Å²) < 4.78 is 15.5. The first-order valence-electron chi connectivity index (χ1n) is 7.34. The van der Waals surface area contributed by atoms with E-state index in [4.69, 9.17) is 9.47 Å². The van der Waals surface area contributed by atoms with Crippen molar-refractivity contribution in [3.8, 4) is 11.5 Å². The van der Waals surface area contributed by atoms with Crippen molar-refractivity contribution in [2.24, 2.45) is 0 Å². The maximum absolute atomic E-state index is 5.60. The number of anilines is 1. The summed E-state index contributed by atoms with van der Waals surface area (Å²) in [6.45, 7) is 2.11. The van der Waals surface area contributed by atoms with E-state index in [1.54, 1.807) is 0 Å². The molecule has 1 aromatic carbocycles. The van der Waals surface area contributed by atoms with Crippen LogP contribution in [0, 0.1) is 0 Å². The number of hydrogen-bond donors (Lipinski definition) is 1. The number of aromatic nitrogens is 2. The van der Waals surface area contributed by atoms with Crippen LogP contribution in [0.2, 0.25) is 0 Å². The minimum Gasteiger partial charge on any atom is -0.486 e. The van der Waals surface area contributed by atoms with Gasteiger partial charge in [-0.05, 0) is 37.0 Å². The third-order valence-electron chi connectivity index (χ3n) is 3.68. The molecular formula is C15H17N3O2S. The molecule has 0 bridgehead atoms. The fraction of sp³-hybridized carbons (Fsp3) is 0.467. The van der Waals surface area contributed by atoms with Gasteiger partial charge in [-0.25, -0.2) is 4.98 Å². The molecule has 4 rings (SSSR count). The standard InChI is InChI=1S/C15H17N3O2S/c1-4-12-13(20-8-7-19-12)9-10(1)5-6-16-15-17-14(18-21-15)11-2-3-11/h1,4,9,11H,2-3,5-8H2,(H,16,17,18). The van der Waals surface area contributed by atoms with E-state index >= 15 is 0 Å². The molecule has 2 aromatic rings. The van der Waals surface area contributed by atoms with Gasteiger partial charge in [-0.2, -0.15) is 4.37 Å². The lowest BCUT2D eigenvalue weighted by Crippen LogP contribution is -2.15. The van der Waals surface area contributed by atoms with Crippen molar-refractivity contribution in [1.29, 1.82) is 0 Å². The van der Waals surface area contributed by atoms with Gasteiger partial charge >= 0.3 is 0 Å². The van der Waals surface area contributed by atoms with Gasteiger partial charge in [-0.15, -0.1) is 0 Å². The number of benzene rings is 1. The molecule has 1 aromatic heterocycles. The lowest BCUT2D eigenvalue weighted by atomic mass is 10.1. The molecule has 0 radical (unpaired) electrons. The Morgan fingerprint density at radius 3 is 2.90 bits per heavy atom. The first-order chi connectivity index (χ1) is 10.4. The highest BCUT2D eigenvalue weighted by Gasteiger charge is 2.27. The number of fused-ring (bicyclic) bond motifs is 1. The Labute approximate surface area is 127 Å². The normalized spacial score (nSPS) is 16.8. The van der Waals surface area contributed by atoms with Gasteiger partial charge in [0.2, 0.25) is 5.13 Å². The number of hydrogen-bond acceptors (Lipinski definition) is 6. The zero-order valence-electron chi connectivity index (χ0n) is 11.7. The van der Waals surface area contributed by atoms with Gasteiger partial charge in [0.15, 0.2) is 11.5 Å². The fourth-order valence-electron chi connectivity index (χ4n) is 2.37. The average Bonchev–Trinajstić information content (AvgIpc) is 3.27. The van der Waals surface area contributed by atoms with Gasteiger partial charge in [0.1, 0.15) is 19.0 Å². The maximum Gasteiger partial charge on any atom is 0.202 e. The first-order valence-corrected chi connectivity index (χ1v) is 8.12. The fourth-order valence-corrected chi connectivity index (χ4v) is 3.04. The predicted octanol–water partition coefficient (Wildman–Crippen LogP) is 2.84. The van der Waals surface area contributed by atoms with Crippen molar-refractivity contribution in [1.82, 2.24) is 9.36 Å². The summed E-state index contributed by atoms with van der Waals surface area (Å²) >= 11 is 1.46. The van der Waals surface area contributed by atoms with Crippen LogP contribution in [0.4, 0.5) is 5.13 Å². The second-order valence-electron chi connectivity index (χ2n) is 5.39. The average molecular weight is 303 g/mol. The topological polar surface area (TPSA) is 56.3 Å². The molecule has 0 saturated heterocycles. The second-order valence-corrected chi connectivity index (χ2v) is 6.14. The van der Waals surface area contributed by atoms with Crippen LogP contribution in [0.5, 0.6) is 11.5 Å². The molecule has 5 nitrogen and oxygen atoms in total. The molecular weight excluding hydrogens is 286 g/mol. The van der Waals surface area contributed by atoms with Gasteiger partial charge in [0, 0.05) is 24.0 Å². The largest absolute Gasteiger partial charge is 0.486 e. The van der Waals surface area contributed by atoms with Gasteiger partial charge < -0.3 is 14.8 Å². The van der Waals surface area contributed by atoms with Crippen LogP contribution in [-0.2, 0) is 6.42 Å². The number of nitrogens with one attached hydrogen (secondary N) is 1. The van der Waals surface area contributed by atoms with Crippen molar-refractivity contribution in [2.45, 2.75) is 25.2 Å². The maximum atomic E-state index is 5.60. The van der Waals surface area contributed by atoms with E-state index in [1.807, 2.05) is 6.07 Å². The van der Waals surface area contributed by atoms with Gasteiger partial charge in [0.05, 0.1) is 0 Å². The lowest BCUT2D eigenvalue weighted by Gasteiger charge is -2.18. The number of nitrogens with zero attached hydrogens (tertiary/aromatic N) is 2. The first kappa shape index (κ1) is 12.9. The SMILES string of the molecule is c1cc2c(cc1CCNc1nc(C3CC3)ns1)OCCO2. The summed E-state index contributed by atoms with van der Waals surface area (Å²) in [5.74, 6) is 3.33. The lowest BCUT2D eigenvalue weighted by molar-refractivity contribution is 0.171. The van der Waals surface area contributed by atoms with Crippen LogP contribution in [0.1, 0.15) is 30.1 Å². The zero-order valence-corrected chi connectivity index (χ0v) is 12.5. The van der Waals surface area contributed by atoms with Crippen LogP contribution >= 0.6 is 11.5 Å². The van der Waals surface area contributed by atoms with Crippen molar-refractivity contribution in [2.75, 3.05) is 25.1 Å². The summed E-state index contributed by atoms with van der Waals surface area (Å²) in [5, 5.41) is 4.27. The zero-order chi connectivity index (χ0) is 14.1. The van der Waals surface area contributed by atoms with Crippen molar-refractivity contribution in [3.63, 3.8) is 0 Å². The van der Waals surface area contributed by atoms with Gasteiger partial charge in [-0.3, -0.25) is 0 Å². The van der Waals surface area contributed by atoms with Crippen LogP contribution in [-0.4, -0.2) is 29.1 Å². The molecule has 2 aliphatic rings. The Bertz CT molecular complexity index is 640. The molecule has 6 heteroatoms. The van der Waals surface area contributed by atoms with Crippen LogP contribution in [0.15, 0.2) is 18.2 Å². The Kier molecular flexibility index (Phi) is 3.39. The summed E-state index contributed by atoms with van der Waals surface area (Å²) in [4.78, 5) is 4.53. The minimum atomic E-state index is 0.620. The van der Waals surface area contributed by atoms with Crippen molar-refractivity contribution in [3.05, 3.63) is 29.6 Å². The summed E-state index contributed by atoms with van der Waals surface area (Å²) in [5.41, 5.74) is 1.23. The highest BCUT2D eigenvalue weighted by atomic mass is 32.1. The van der Waals surface area contributed by atoms with E-state index in [0.717, 1.165) is 35.4 Å². The molecule has 0 spiro atoms. The molecule has 0 atom stereocenters. The Morgan fingerprint density at radius 1 is 1.19 bits per heavy atom. The molecule has 21 heavy (non-hydrogen) atoms. The third-order valence-corrected chi connectivity index (χ3v) is 4.37. The van der Waals surface area contributed by atoms with Gasteiger partial charge in [-0.1, -0.05) is 6.07 Å². The highest BCUT2D eigenvalue weighted by molar-refractivity contribution is 7.09. The van der Waals surface area contributed by atoms with Crippen LogP contribution in [0.3, 0.4) is 0 Å². The van der Waals surface area contributed by atoms with E-state index in [0.29, 0.717) is 19.1 Å². The Balaban J connectivity index is 1.33. The second kappa shape index (κ2) is 5.52. The summed E-state index contributed by atoms with van der Waals surface area (Å²) in [6, 6.07) is 6.14. The molecule has 1 saturated carbocycles. The molecule has 1 fully saturated rings.